The van der Waals surface area contributed by atoms with Crippen molar-refractivity contribution in [3.63, 3.8) is 0 Å². The van der Waals surface area contributed by atoms with E-state index in [1.54, 1.807) is 11.1 Å². The standard InChI is InChI=1S/C9H13N5OS/c1-2-14(5-3-4-10)9(15)7-16-8-6-11-13-12-8/h6H,2-3,5,7H2,1H3,(H,11,12,13). The Morgan fingerprint density at radius 3 is 3.12 bits per heavy atom. The van der Waals surface area contributed by atoms with Crippen LogP contribution in [-0.2, 0) is 4.79 Å². The third-order valence-electron chi connectivity index (χ3n) is 1.96. The van der Waals surface area contributed by atoms with Crippen molar-refractivity contribution in [3.8, 4) is 6.07 Å². The van der Waals surface area contributed by atoms with E-state index in [0.717, 1.165) is 0 Å². The highest BCUT2D eigenvalue weighted by atomic mass is 32.2. The average Bonchev–Trinajstić information content (AvgIpc) is 2.80. The zero-order valence-electron chi connectivity index (χ0n) is 9.01. The molecule has 1 N–H and O–H groups in total. The van der Waals surface area contributed by atoms with E-state index >= 15 is 0 Å². The Hall–Kier alpha value is -1.55. The molecule has 0 atom stereocenters. The number of carbonyl (C=O) groups is 1. The van der Waals surface area contributed by atoms with E-state index in [1.807, 2.05) is 13.0 Å². The number of H-pyrrole nitrogens is 1. The molecule has 0 bridgehead atoms. The van der Waals surface area contributed by atoms with Gasteiger partial charge in [0.1, 0.15) is 5.03 Å². The number of carbonyl (C=O) groups excluding carboxylic acids is 1. The Morgan fingerprint density at radius 2 is 2.56 bits per heavy atom. The van der Waals surface area contributed by atoms with E-state index in [4.69, 9.17) is 5.26 Å². The summed E-state index contributed by atoms with van der Waals surface area (Å²) < 4.78 is 0. The Balaban J connectivity index is 2.35. The van der Waals surface area contributed by atoms with Crippen LogP contribution in [0.3, 0.4) is 0 Å². The number of aromatic nitrogens is 3. The fraction of sp³-hybridized carbons (Fsp3) is 0.556. The van der Waals surface area contributed by atoms with E-state index in [-0.39, 0.29) is 5.91 Å². The molecular formula is C9H13N5OS. The van der Waals surface area contributed by atoms with Gasteiger partial charge in [-0.3, -0.25) is 4.79 Å². The smallest absolute Gasteiger partial charge is 0.233 e. The van der Waals surface area contributed by atoms with Gasteiger partial charge in [0.15, 0.2) is 0 Å². The molecular weight excluding hydrogens is 226 g/mol. The maximum Gasteiger partial charge on any atom is 0.233 e. The molecule has 0 aliphatic heterocycles. The predicted octanol–water partition coefficient (Wildman–Crippen LogP) is 0.659. The van der Waals surface area contributed by atoms with Gasteiger partial charge >= 0.3 is 0 Å². The fourth-order valence-electron chi connectivity index (χ4n) is 1.13. The summed E-state index contributed by atoms with van der Waals surface area (Å²) in [7, 11) is 0. The second kappa shape index (κ2) is 6.85. The summed E-state index contributed by atoms with van der Waals surface area (Å²) in [6.07, 6.45) is 1.94. The Morgan fingerprint density at radius 1 is 1.75 bits per heavy atom. The monoisotopic (exact) mass is 239 g/mol. The normalized spacial score (nSPS) is 9.75. The molecule has 0 aliphatic rings. The average molecular weight is 239 g/mol. The Bertz CT molecular complexity index is 358. The van der Waals surface area contributed by atoms with Crippen LogP contribution in [0.5, 0.6) is 0 Å². The highest BCUT2D eigenvalue weighted by molar-refractivity contribution is 7.99. The van der Waals surface area contributed by atoms with E-state index in [9.17, 15) is 4.79 Å². The quantitative estimate of drug-likeness (QED) is 0.737. The van der Waals surface area contributed by atoms with Crippen LogP contribution in [0.15, 0.2) is 11.2 Å². The fourth-order valence-corrected chi connectivity index (χ4v) is 1.82. The number of nitrogens with zero attached hydrogens (tertiary/aromatic N) is 4. The lowest BCUT2D eigenvalue weighted by Crippen LogP contribution is -2.33. The highest BCUT2D eigenvalue weighted by Gasteiger charge is 2.12. The molecule has 1 amide bonds. The first-order chi connectivity index (χ1) is 7.77. The molecule has 16 heavy (non-hydrogen) atoms. The van der Waals surface area contributed by atoms with Gasteiger partial charge in [0.2, 0.25) is 5.91 Å². The van der Waals surface area contributed by atoms with Crippen molar-refractivity contribution in [3.05, 3.63) is 6.20 Å². The van der Waals surface area contributed by atoms with Crippen LogP contribution in [0.2, 0.25) is 0 Å². The molecule has 0 fully saturated rings. The van der Waals surface area contributed by atoms with Crippen LogP contribution < -0.4 is 0 Å². The van der Waals surface area contributed by atoms with Gasteiger partial charge in [-0.15, -0.1) is 5.10 Å². The number of aromatic amines is 1. The first-order valence-corrected chi connectivity index (χ1v) is 5.89. The summed E-state index contributed by atoms with van der Waals surface area (Å²) in [5.74, 6) is 0.344. The maximum absolute atomic E-state index is 11.7. The van der Waals surface area contributed by atoms with Crippen molar-refractivity contribution in [1.82, 2.24) is 20.3 Å². The zero-order chi connectivity index (χ0) is 11.8. The third kappa shape index (κ3) is 3.90. The molecule has 0 aromatic carbocycles. The van der Waals surface area contributed by atoms with Crippen LogP contribution in [0.25, 0.3) is 0 Å². The third-order valence-corrected chi connectivity index (χ3v) is 2.85. The number of nitrogens with one attached hydrogen (secondary N) is 1. The predicted molar refractivity (Wildman–Crippen MR) is 59.6 cm³/mol. The number of hydrogen-bond acceptors (Lipinski definition) is 5. The molecule has 1 aromatic rings. The van der Waals surface area contributed by atoms with Gasteiger partial charge in [-0.1, -0.05) is 11.8 Å². The lowest BCUT2D eigenvalue weighted by molar-refractivity contribution is -0.128. The van der Waals surface area contributed by atoms with Crippen LogP contribution in [0, 0.1) is 11.3 Å². The van der Waals surface area contributed by atoms with Crippen molar-refractivity contribution in [2.24, 2.45) is 0 Å². The first-order valence-electron chi connectivity index (χ1n) is 4.91. The lowest BCUT2D eigenvalue weighted by Gasteiger charge is -2.18. The number of rotatable bonds is 6. The van der Waals surface area contributed by atoms with E-state index in [1.165, 1.54) is 11.8 Å². The largest absolute Gasteiger partial charge is 0.341 e. The Kier molecular flexibility index (Phi) is 5.36. The van der Waals surface area contributed by atoms with Crippen LogP contribution in [0.1, 0.15) is 13.3 Å². The molecule has 0 radical (unpaired) electrons. The van der Waals surface area contributed by atoms with E-state index in [2.05, 4.69) is 15.4 Å². The highest BCUT2D eigenvalue weighted by Crippen LogP contribution is 2.13. The molecule has 6 nitrogen and oxygen atoms in total. The molecule has 86 valence electrons. The summed E-state index contributed by atoms with van der Waals surface area (Å²) in [5.41, 5.74) is 0. The molecule has 0 spiro atoms. The van der Waals surface area contributed by atoms with Gasteiger partial charge in [-0.2, -0.15) is 15.6 Å². The van der Waals surface area contributed by atoms with Crippen molar-refractivity contribution in [1.29, 1.82) is 5.26 Å². The summed E-state index contributed by atoms with van der Waals surface area (Å²) >= 11 is 1.33. The second-order valence-corrected chi connectivity index (χ2v) is 3.97. The molecule has 1 aromatic heterocycles. The van der Waals surface area contributed by atoms with Gasteiger partial charge in [-0.05, 0) is 6.92 Å². The van der Waals surface area contributed by atoms with Crippen molar-refractivity contribution < 1.29 is 4.79 Å². The van der Waals surface area contributed by atoms with Gasteiger partial charge in [0.25, 0.3) is 0 Å². The van der Waals surface area contributed by atoms with Gasteiger partial charge in [0.05, 0.1) is 24.4 Å². The molecule has 1 heterocycles. The number of hydrogen-bond donors (Lipinski definition) is 1. The molecule has 0 saturated heterocycles. The van der Waals surface area contributed by atoms with E-state index < -0.39 is 0 Å². The summed E-state index contributed by atoms with van der Waals surface area (Å²) in [6, 6.07) is 2.03. The maximum atomic E-state index is 11.7. The number of nitriles is 1. The SMILES string of the molecule is CCN(CCC#N)C(=O)CSc1cn[nH]n1. The van der Waals surface area contributed by atoms with Crippen LogP contribution in [0.4, 0.5) is 0 Å². The van der Waals surface area contributed by atoms with Gasteiger partial charge in [-0.25, -0.2) is 0 Å². The van der Waals surface area contributed by atoms with Crippen molar-refractivity contribution in [2.45, 2.75) is 18.4 Å². The topological polar surface area (TPSA) is 85.7 Å². The summed E-state index contributed by atoms with van der Waals surface area (Å²) in [6.45, 7) is 3.02. The second-order valence-electron chi connectivity index (χ2n) is 2.98. The molecule has 0 aliphatic carbocycles. The minimum Gasteiger partial charge on any atom is -0.341 e. The minimum atomic E-state index is 0.0192. The van der Waals surface area contributed by atoms with E-state index in [0.29, 0.717) is 30.3 Å². The Labute approximate surface area is 98.0 Å². The van der Waals surface area contributed by atoms with Gasteiger partial charge in [0, 0.05) is 13.1 Å². The molecule has 1 rings (SSSR count). The van der Waals surface area contributed by atoms with Gasteiger partial charge < -0.3 is 4.90 Å². The molecule has 0 unspecified atom stereocenters. The lowest BCUT2D eigenvalue weighted by atomic mass is 10.4. The van der Waals surface area contributed by atoms with Crippen LogP contribution >= 0.6 is 11.8 Å². The molecule has 0 saturated carbocycles. The number of amides is 1. The van der Waals surface area contributed by atoms with Crippen molar-refractivity contribution in [2.75, 3.05) is 18.8 Å². The summed E-state index contributed by atoms with van der Waals surface area (Å²) in [4.78, 5) is 13.4. The molecule has 7 heteroatoms. The first kappa shape index (κ1) is 12.5. The van der Waals surface area contributed by atoms with Crippen LogP contribution in [-0.4, -0.2) is 45.1 Å². The zero-order valence-corrected chi connectivity index (χ0v) is 9.83. The van der Waals surface area contributed by atoms with Crippen molar-refractivity contribution >= 4 is 17.7 Å². The summed E-state index contributed by atoms with van der Waals surface area (Å²) in [5, 5.41) is 19.1. The minimum absolute atomic E-state index is 0.0192. The number of thioether (sulfide) groups is 1.